The van der Waals surface area contributed by atoms with Crippen LogP contribution in [0.5, 0.6) is 0 Å². The number of rotatable bonds is 5. The van der Waals surface area contributed by atoms with Gasteiger partial charge in [0.15, 0.2) is 0 Å². The molecule has 0 saturated heterocycles. The molecule has 4 heteroatoms. The lowest BCUT2D eigenvalue weighted by atomic mass is 10.2. The van der Waals surface area contributed by atoms with Gasteiger partial charge in [0.05, 0.1) is 0 Å². The van der Waals surface area contributed by atoms with Crippen LogP contribution in [0, 0.1) is 0 Å². The Kier molecular flexibility index (Phi) is 5.28. The predicted molar refractivity (Wildman–Crippen MR) is 38.4 cm³/mol. The Bertz CT molecular complexity index is 90.2. The third kappa shape index (κ3) is 9.75. The first-order valence-electron chi connectivity index (χ1n) is 3.77. The summed E-state index contributed by atoms with van der Waals surface area (Å²) < 4.78 is 34.6. The molecular formula is C7H14F3N. The average molecular weight is 169 g/mol. The van der Waals surface area contributed by atoms with Crippen LogP contribution in [-0.4, -0.2) is 19.8 Å². The second-order valence-electron chi connectivity index (χ2n) is 2.53. The van der Waals surface area contributed by atoms with Crippen LogP contribution in [0.25, 0.3) is 0 Å². The van der Waals surface area contributed by atoms with E-state index >= 15 is 0 Å². The third-order valence-electron chi connectivity index (χ3n) is 1.39. The Balaban J connectivity index is 3.02. The molecule has 0 bridgehead atoms. The third-order valence-corrected chi connectivity index (χ3v) is 1.39. The minimum Gasteiger partial charge on any atom is -0.320 e. The van der Waals surface area contributed by atoms with Crippen LogP contribution < -0.4 is 5.32 Å². The first-order chi connectivity index (χ1) is 5.06. The molecule has 0 aliphatic carbocycles. The van der Waals surface area contributed by atoms with Crippen LogP contribution in [0.4, 0.5) is 13.2 Å². The Labute approximate surface area is 65.0 Å². The Morgan fingerprint density at radius 2 is 1.73 bits per heavy atom. The average Bonchev–Trinajstić information content (AvgIpc) is 1.85. The Morgan fingerprint density at radius 3 is 2.18 bits per heavy atom. The number of halogens is 3. The minimum atomic E-state index is -3.97. The standard InChI is InChI=1S/C7H14F3N/c1-11-6-4-2-3-5-7(8,9)10/h11H,2-6H2,1H3. The summed E-state index contributed by atoms with van der Waals surface area (Å²) in [5.41, 5.74) is 0. The molecule has 0 saturated carbocycles. The highest BCUT2D eigenvalue weighted by Gasteiger charge is 2.25. The van der Waals surface area contributed by atoms with Crippen molar-refractivity contribution in [1.29, 1.82) is 0 Å². The topological polar surface area (TPSA) is 12.0 Å². The zero-order valence-electron chi connectivity index (χ0n) is 6.67. The molecule has 1 N–H and O–H groups in total. The number of nitrogens with one attached hydrogen (secondary N) is 1. The maximum Gasteiger partial charge on any atom is 0.389 e. The largest absolute Gasteiger partial charge is 0.389 e. The van der Waals surface area contributed by atoms with Crippen molar-refractivity contribution >= 4 is 0 Å². The molecule has 0 aliphatic heterocycles. The molecule has 0 rings (SSSR count). The molecule has 0 atom stereocenters. The van der Waals surface area contributed by atoms with E-state index in [0.717, 1.165) is 13.0 Å². The molecule has 0 amide bonds. The van der Waals surface area contributed by atoms with Crippen molar-refractivity contribution in [2.24, 2.45) is 0 Å². The summed E-state index contributed by atoms with van der Waals surface area (Å²) in [5, 5.41) is 2.88. The van der Waals surface area contributed by atoms with Gasteiger partial charge in [0.1, 0.15) is 0 Å². The molecule has 0 unspecified atom stereocenters. The Morgan fingerprint density at radius 1 is 1.09 bits per heavy atom. The van der Waals surface area contributed by atoms with Crippen LogP contribution in [0.2, 0.25) is 0 Å². The van der Waals surface area contributed by atoms with Crippen molar-refractivity contribution in [2.75, 3.05) is 13.6 Å². The second-order valence-corrected chi connectivity index (χ2v) is 2.53. The summed E-state index contributed by atoms with van der Waals surface area (Å²) in [5.74, 6) is 0. The molecule has 0 fully saturated rings. The van der Waals surface area contributed by atoms with Crippen molar-refractivity contribution in [3.05, 3.63) is 0 Å². The summed E-state index contributed by atoms with van der Waals surface area (Å²) in [6.45, 7) is 0.803. The van der Waals surface area contributed by atoms with E-state index < -0.39 is 12.6 Å². The summed E-state index contributed by atoms with van der Waals surface area (Å²) in [6.07, 6.45) is -2.88. The molecular weight excluding hydrogens is 155 g/mol. The van der Waals surface area contributed by atoms with E-state index in [1.54, 1.807) is 7.05 Å². The van der Waals surface area contributed by atoms with Crippen molar-refractivity contribution in [2.45, 2.75) is 31.9 Å². The van der Waals surface area contributed by atoms with E-state index in [-0.39, 0.29) is 6.42 Å². The molecule has 0 aromatic carbocycles. The normalized spacial score (nSPS) is 12.0. The number of unbranched alkanes of at least 4 members (excludes halogenated alkanes) is 2. The quantitative estimate of drug-likeness (QED) is 0.623. The van der Waals surface area contributed by atoms with Gasteiger partial charge >= 0.3 is 6.18 Å². The van der Waals surface area contributed by atoms with Crippen LogP contribution >= 0.6 is 0 Å². The van der Waals surface area contributed by atoms with E-state index in [0.29, 0.717) is 6.42 Å². The summed E-state index contributed by atoms with van der Waals surface area (Å²) >= 11 is 0. The molecule has 0 radical (unpaired) electrons. The van der Waals surface area contributed by atoms with Crippen molar-refractivity contribution in [3.63, 3.8) is 0 Å². The van der Waals surface area contributed by atoms with Gasteiger partial charge in [-0.1, -0.05) is 6.42 Å². The zero-order valence-corrected chi connectivity index (χ0v) is 6.67. The van der Waals surface area contributed by atoms with Gasteiger partial charge in [-0.05, 0) is 26.4 Å². The lowest BCUT2D eigenvalue weighted by molar-refractivity contribution is -0.135. The van der Waals surface area contributed by atoms with E-state index in [2.05, 4.69) is 5.32 Å². The molecule has 0 aliphatic rings. The van der Waals surface area contributed by atoms with E-state index in [1.807, 2.05) is 0 Å². The van der Waals surface area contributed by atoms with Crippen LogP contribution in [0.1, 0.15) is 25.7 Å². The van der Waals surface area contributed by atoms with E-state index in [1.165, 1.54) is 0 Å². The molecule has 68 valence electrons. The SMILES string of the molecule is CNCCCCCC(F)(F)F. The number of hydrogen-bond donors (Lipinski definition) is 1. The van der Waals surface area contributed by atoms with Crippen LogP contribution in [0.15, 0.2) is 0 Å². The molecule has 0 spiro atoms. The van der Waals surface area contributed by atoms with Crippen LogP contribution in [0.3, 0.4) is 0 Å². The van der Waals surface area contributed by atoms with Gasteiger partial charge in [0, 0.05) is 6.42 Å². The van der Waals surface area contributed by atoms with E-state index in [4.69, 9.17) is 0 Å². The Hall–Kier alpha value is -0.250. The lowest BCUT2D eigenvalue weighted by Crippen LogP contribution is -2.09. The van der Waals surface area contributed by atoms with Gasteiger partial charge in [0.25, 0.3) is 0 Å². The van der Waals surface area contributed by atoms with Gasteiger partial charge < -0.3 is 5.32 Å². The highest BCUT2D eigenvalue weighted by Crippen LogP contribution is 2.22. The highest BCUT2D eigenvalue weighted by atomic mass is 19.4. The maximum absolute atomic E-state index is 11.5. The molecule has 0 heterocycles. The monoisotopic (exact) mass is 169 g/mol. The predicted octanol–water partition coefficient (Wildman–Crippen LogP) is 2.33. The van der Waals surface area contributed by atoms with Crippen LogP contribution in [-0.2, 0) is 0 Å². The molecule has 0 aromatic heterocycles. The van der Waals surface area contributed by atoms with Crippen molar-refractivity contribution in [1.82, 2.24) is 5.32 Å². The first-order valence-corrected chi connectivity index (χ1v) is 3.77. The number of hydrogen-bond acceptors (Lipinski definition) is 1. The van der Waals surface area contributed by atoms with Crippen molar-refractivity contribution in [3.8, 4) is 0 Å². The van der Waals surface area contributed by atoms with E-state index in [9.17, 15) is 13.2 Å². The minimum absolute atomic E-state index is 0.255. The summed E-state index contributed by atoms with van der Waals surface area (Å²) in [4.78, 5) is 0. The highest BCUT2D eigenvalue weighted by molar-refractivity contribution is 4.51. The molecule has 11 heavy (non-hydrogen) atoms. The smallest absolute Gasteiger partial charge is 0.320 e. The van der Waals surface area contributed by atoms with Gasteiger partial charge in [-0.25, -0.2) is 0 Å². The fraction of sp³-hybridized carbons (Fsp3) is 1.00. The fourth-order valence-corrected chi connectivity index (χ4v) is 0.804. The summed E-state index contributed by atoms with van der Waals surface area (Å²) in [7, 11) is 1.80. The molecule has 0 aromatic rings. The fourth-order valence-electron chi connectivity index (χ4n) is 0.804. The maximum atomic E-state index is 11.5. The summed E-state index contributed by atoms with van der Waals surface area (Å²) in [6, 6.07) is 0. The number of alkyl halides is 3. The second kappa shape index (κ2) is 5.41. The van der Waals surface area contributed by atoms with Crippen molar-refractivity contribution < 1.29 is 13.2 Å². The van der Waals surface area contributed by atoms with Gasteiger partial charge in [0.2, 0.25) is 0 Å². The van der Waals surface area contributed by atoms with Gasteiger partial charge in [-0.15, -0.1) is 0 Å². The molecule has 1 nitrogen and oxygen atoms in total. The van der Waals surface area contributed by atoms with Gasteiger partial charge in [-0.2, -0.15) is 13.2 Å². The van der Waals surface area contributed by atoms with Gasteiger partial charge in [-0.3, -0.25) is 0 Å². The lowest BCUT2D eigenvalue weighted by Gasteiger charge is -2.04. The first kappa shape index (κ1) is 10.8. The zero-order chi connectivity index (χ0) is 8.74.